The SMILES string of the molecule is COCCCC(=O)c1ccc(-c2nc(Nc3cnn(C)c3)ncc2C)cc1.COCCN.Cc1cnc(Nc2cnn(C)c2)nc1-c1ccc(C(=O)O)cc1. The second kappa shape index (κ2) is 20.8. The van der Waals surface area contributed by atoms with E-state index < -0.39 is 5.97 Å². The molecule has 0 unspecified atom stereocenters. The Kier molecular flexibility index (Phi) is 15.6. The van der Waals surface area contributed by atoms with Crippen molar-refractivity contribution in [1.82, 2.24) is 39.5 Å². The van der Waals surface area contributed by atoms with Crippen LogP contribution in [0, 0.1) is 13.8 Å². The molecule has 288 valence electrons. The predicted octanol–water partition coefficient (Wildman–Crippen LogP) is 5.76. The quantitative estimate of drug-likeness (QED) is 0.0771. The number of aromatic carboxylic acids is 1. The van der Waals surface area contributed by atoms with Crippen LogP contribution in [0.5, 0.6) is 0 Å². The summed E-state index contributed by atoms with van der Waals surface area (Å²) in [6.07, 6.45) is 11.8. The van der Waals surface area contributed by atoms with Crippen molar-refractivity contribution in [3.8, 4) is 22.5 Å². The van der Waals surface area contributed by atoms with E-state index in [2.05, 4.69) is 45.5 Å². The Morgan fingerprint density at radius 1 is 0.709 bits per heavy atom. The van der Waals surface area contributed by atoms with Gasteiger partial charge in [-0.1, -0.05) is 36.4 Å². The van der Waals surface area contributed by atoms with Crippen LogP contribution in [0.15, 0.2) is 85.7 Å². The van der Waals surface area contributed by atoms with Gasteiger partial charge in [0.15, 0.2) is 5.78 Å². The predicted molar refractivity (Wildman–Crippen MR) is 211 cm³/mol. The summed E-state index contributed by atoms with van der Waals surface area (Å²) < 4.78 is 13.0. The molecular formula is C39H47N11O5. The minimum absolute atomic E-state index is 0.122. The fourth-order valence-electron chi connectivity index (χ4n) is 5.04. The Balaban J connectivity index is 0.000000220. The van der Waals surface area contributed by atoms with Gasteiger partial charge in [0.2, 0.25) is 11.9 Å². The van der Waals surface area contributed by atoms with Gasteiger partial charge in [0.05, 0.1) is 47.3 Å². The van der Waals surface area contributed by atoms with Crippen molar-refractivity contribution < 1.29 is 24.2 Å². The number of carbonyl (C=O) groups is 2. The minimum atomic E-state index is -0.949. The monoisotopic (exact) mass is 749 g/mol. The molecule has 6 rings (SSSR count). The highest BCUT2D eigenvalue weighted by atomic mass is 16.5. The summed E-state index contributed by atoms with van der Waals surface area (Å²) in [5.41, 5.74) is 12.8. The van der Waals surface area contributed by atoms with E-state index in [1.807, 2.05) is 64.6 Å². The number of ether oxygens (including phenoxy) is 2. The number of aromatic nitrogens is 8. The molecule has 0 bridgehead atoms. The summed E-state index contributed by atoms with van der Waals surface area (Å²) in [6, 6.07) is 14.2. The van der Waals surface area contributed by atoms with Gasteiger partial charge in [-0.15, -0.1) is 0 Å². The van der Waals surface area contributed by atoms with Crippen molar-refractivity contribution in [2.45, 2.75) is 26.7 Å². The number of hydrogen-bond acceptors (Lipinski definition) is 13. The number of anilines is 4. The number of carboxylic acid groups (broad SMARTS) is 1. The maximum atomic E-state index is 12.2. The Labute approximate surface area is 319 Å². The van der Waals surface area contributed by atoms with Gasteiger partial charge in [-0.3, -0.25) is 14.2 Å². The van der Waals surface area contributed by atoms with E-state index in [4.69, 9.17) is 15.6 Å². The van der Waals surface area contributed by atoms with Crippen LogP contribution in [0.25, 0.3) is 22.5 Å². The molecule has 0 saturated carbocycles. The van der Waals surface area contributed by atoms with Gasteiger partial charge >= 0.3 is 5.97 Å². The number of hydrogen-bond donors (Lipinski definition) is 4. The standard InChI is InChI=1S/C20H23N5O2.C16H15N5O2.C3H9NO/c1-14-11-21-20(23-17-12-22-25(2)13-17)24-19(14)16-8-6-15(7-9-16)18(26)5-4-10-27-3;1-10-7-17-16(19-13-8-18-21(2)9-13)20-14(10)11-3-5-12(6-4-11)15(22)23;1-5-3-2-4/h6-9,11-13H,4-5,10H2,1-3H3,(H,21,23,24);3-9H,1-2H3,(H,22,23)(H,17,19,20);2-4H2,1H3. The third kappa shape index (κ3) is 12.6. The fraction of sp³-hybridized carbons (Fsp3) is 0.282. The van der Waals surface area contributed by atoms with Gasteiger partial charge in [0.1, 0.15) is 0 Å². The van der Waals surface area contributed by atoms with Crippen LogP contribution < -0.4 is 16.4 Å². The molecule has 0 amide bonds. The van der Waals surface area contributed by atoms with E-state index in [9.17, 15) is 9.59 Å². The highest BCUT2D eigenvalue weighted by molar-refractivity contribution is 5.96. The van der Waals surface area contributed by atoms with E-state index in [-0.39, 0.29) is 11.3 Å². The molecule has 5 N–H and O–H groups in total. The highest BCUT2D eigenvalue weighted by Gasteiger charge is 2.12. The van der Waals surface area contributed by atoms with Crippen LogP contribution in [0.3, 0.4) is 0 Å². The largest absolute Gasteiger partial charge is 0.478 e. The summed E-state index contributed by atoms with van der Waals surface area (Å²) in [5.74, 6) is 0.135. The summed E-state index contributed by atoms with van der Waals surface area (Å²) in [4.78, 5) is 40.9. The van der Waals surface area contributed by atoms with Gasteiger partial charge in [-0.2, -0.15) is 10.2 Å². The number of benzene rings is 2. The number of nitrogens with two attached hydrogens (primary N) is 1. The zero-order valence-corrected chi connectivity index (χ0v) is 31.9. The molecule has 16 heteroatoms. The zero-order valence-electron chi connectivity index (χ0n) is 31.9. The van der Waals surface area contributed by atoms with Crippen molar-refractivity contribution in [3.63, 3.8) is 0 Å². The molecule has 4 aromatic heterocycles. The Morgan fingerprint density at radius 2 is 1.16 bits per heavy atom. The van der Waals surface area contributed by atoms with Gasteiger partial charge < -0.3 is 30.9 Å². The molecule has 0 aliphatic carbocycles. The minimum Gasteiger partial charge on any atom is -0.478 e. The summed E-state index contributed by atoms with van der Waals surface area (Å²) in [5, 5.41) is 23.4. The van der Waals surface area contributed by atoms with Crippen molar-refractivity contribution in [1.29, 1.82) is 0 Å². The molecule has 0 spiro atoms. The molecular weight excluding hydrogens is 703 g/mol. The lowest BCUT2D eigenvalue weighted by molar-refractivity contribution is 0.0696. The summed E-state index contributed by atoms with van der Waals surface area (Å²) in [6.45, 7) is 5.76. The molecule has 0 radical (unpaired) electrons. The first-order valence-corrected chi connectivity index (χ1v) is 17.3. The van der Waals surface area contributed by atoms with E-state index in [1.165, 1.54) is 0 Å². The molecule has 16 nitrogen and oxygen atoms in total. The van der Waals surface area contributed by atoms with Gasteiger partial charge in [0, 0.05) is 89.4 Å². The number of methoxy groups -OCH3 is 2. The molecule has 0 atom stereocenters. The number of rotatable bonds is 14. The fourth-order valence-corrected chi connectivity index (χ4v) is 5.04. The Bertz CT molecular complexity index is 2130. The average molecular weight is 750 g/mol. The van der Waals surface area contributed by atoms with Crippen LogP contribution in [-0.2, 0) is 23.6 Å². The maximum absolute atomic E-state index is 12.2. The van der Waals surface area contributed by atoms with E-state index in [1.54, 1.807) is 72.6 Å². The van der Waals surface area contributed by atoms with Crippen molar-refractivity contribution in [2.24, 2.45) is 19.8 Å². The molecule has 0 fully saturated rings. The lowest BCUT2D eigenvalue weighted by atomic mass is 10.0. The number of aryl methyl sites for hydroxylation is 4. The normalized spacial score (nSPS) is 10.5. The van der Waals surface area contributed by atoms with Crippen LogP contribution in [0.2, 0.25) is 0 Å². The van der Waals surface area contributed by atoms with Crippen LogP contribution in [0.1, 0.15) is 44.7 Å². The molecule has 0 aliphatic heterocycles. The highest BCUT2D eigenvalue weighted by Crippen LogP contribution is 2.25. The lowest BCUT2D eigenvalue weighted by Crippen LogP contribution is -2.05. The van der Waals surface area contributed by atoms with E-state index in [0.29, 0.717) is 43.6 Å². The second-order valence-electron chi connectivity index (χ2n) is 12.3. The molecule has 2 aromatic carbocycles. The first-order chi connectivity index (χ1) is 26.5. The number of nitrogens with one attached hydrogen (secondary N) is 2. The molecule has 55 heavy (non-hydrogen) atoms. The van der Waals surface area contributed by atoms with Crippen LogP contribution >= 0.6 is 0 Å². The van der Waals surface area contributed by atoms with Crippen molar-refractivity contribution in [2.75, 3.05) is 44.6 Å². The number of ketones is 1. The summed E-state index contributed by atoms with van der Waals surface area (Å²) >= 11 is 0. The van der Waals surface area contributed by atoms with E-state index in [0.717, 1.165) is 51.4 Å². The second-order valence-corrected chi connectivity index (χ2v) is 12.3. The Morgan fingerprint density at radius 3 is 1.53 bits per heavy atom. The maximum Gasteiger partial charge on any atom is 0.335 e. The third-order valence-electron chi connectivity index (χ3n) is 7.83. The first kappa shape index (κ1) is 41.4. The van der Waals surface area contributed by atoms with Crippen molar-refractivity contribution >= 4 is 35.0 Å². The molecule has 0 saturated heterocycles. The number of carboxylic acids is 1. The van der Waals surface area contributed by atoms with Gasteiger partial charge in [-0.05, 0) is 43.5 Å². The smallest absolute Gasteiger partial charge is 0.335 e. The van der Waals surface area contributed by atoms with Crippen LogP contribution in [-0.4, -0.2) is 90.3 Å². The van der Waals surface area contributed by atoms with Crippen molar-refractivity contribution in [3.05, 3.63) is 108 Å². The number of nitrogens with zero attached hydrogens (tertiary/aromatic N) is 8. The van der Waals surface area contributed by atoms with Gasteiger partial charge in [0.25, 0.3) is 0 Å². The Hall–Kier alpha value is -6.36. The molecule has 4 heterocycles. The third-order valence-corrected chi connectivity index (χ3v) is 7.83. The van der Waals surface area contributed by atoms with Crippen LogP contribution in [0.4, 0.5) is 23.3 Å². The lowest BCUT2D eigenvalue weighted by Gasteiger charge is -2.09. The average Bonchev–Trinajstić information content (AvgIpc) is 3.80. The summed E-state index contributed by atoms with van der Waals surface area (Å²) in [7, 11) is 6.95. The zero-order chi connectivity index (χ0) is 39.7. The topological polar surface area (TPSA) is 210 Å². The first-order valence-electron chi connectivity index (χ1n) is 17.3. The van der Waals surface area contributed by atoms with E-state index >= 15 is 0 Å². The van der Waals surface area contributed by atoms with Gasteiger partial charge in [-0.25, -0.2) is 24.7 Å². The molecule has 0 aliphatic rings. The number of carbonyl (C=O) groups excluding carboxylic acids is 1. The molecule has 6 aromatic rings. The number of Topliss-reactive ketones (excluding diaryl/α,β-unsaturated/α-hetero) is 1.